The highest BCUT2D eigenvalue weighted by molar-refractivity contribution is 5.86. The standard InChI is InChI=1S/C11H21N3O3.ClH/c1-9(7-12)11(16)13(2)8-10(15)14-3-5-17-6-4-14;/h9H,3-8,12H2,1-2H3;1H. The Bertz CT molecular complexity index is 283. The lowest BCUT2D eigenvalue weighted by Gasteiger charge is -2.29. The van der Waals surface area contributed by atoms with Gasteiger partial charge in [-0.2, -0.15) is 0 Å². The molecule has 18 heavy (non-hydrogen) atoms. The van der Waals surface area contributed by atoms with Crippen LogP contribution in [0.3, 0.4) is 0 Å². The van der Waals surface area contributed by atoms with Gasteiger partial charge in [-0.15, -0.1) is 12.4 Å². The summed E-state index contributed by atoms with van der Waals surface area (Å²) in [5, 5.41) is 0. The molecule has 1 saturated heterocycles. The molecule has 0 aliphatic carbocycles. The smallest absolute Gasteiger partial charge is 0.242 e. The van der Waals surface area contributed by atoms with Crippen LogP contribution in [0.4, 0.5) is 0 Å². The minimum atomic E-state index is -0.238. The topological polar surface area (TPSA) is 75.9 Å². The van der Waals surface area contributed by atoms with Gasteiger partial charge in [0.05, 0.1) is 19.8 Å². The molecule has 1 aliphatic heterocycles. The monoisotopic (exact) mass is 279 g/mol. The summed E-state index contributed by atoms with van der Waals surface area (Å²) in [6.45, 7) is 4.53. The fourth-order valence-electron chi connectivity index (χ4n) is 1.67. The first-order valence-corrected chi connectivity index (χ1v) is 5.86. The number of rotatable bonds is 4. The largest absolute Gasteiger partial charge is 0.378 e. The van der Waals surface area contributed by atoms with Gasteiger partial charge < -0.3 is 20.3 Å². The van der Waals surface area contributed by atoms with Gasteiger partial charge >= 0.3 is 0 Å². The number of carbonyl (C=O) groups is 2. The fraction of sp³-hybridized carbons (Fsp3) is 0.818. The number of halogens is 1. The molecule has 6 nitrogen and oxygen atoms in total. The average molecular weight is 280 g/mol. The predicted octanol–water partition coefficient (Wildman–Crippen LogP) is -0.680. The molecule has 0 radical (unpaired) electrons. The third-order valence-corrected chi connectivity index (χ3v) is 2.89. The van der Waals surface area contributed by atoms with Crippen molar-refractivity contribution in [2.45, 2.75) is 6.92 Å². The molecule has 1 fully saturated rings. The summed E-state index contributed by atoms with van der Waals surface area (Å²) < 4.78 is 5.17. The Morgan fingerprint density at radius 1 is 1.39 bits per heavy atom. The van der Waals surface area contributed by atoms with E-state index in [4.69, 9.17) is 10.5 Å². The van der Waals surface area contributed by atoms with Crippen LogP contribution in [0, 0.1) is 5.92 Å². The maximum absolute atomic E-state index is 11.9. The molecule has 0 aromatic rings. The molecule has 1 rings (SSSR count). The third-order valence-electron chi connectivity index (χ3n) is 2.89. The molecule has 0 bridgehead atoms. The number of amides is 2. The Labute approximate surface area is 114 Å². The first-order chi connectivity index (χ1) is 8.06. The second-order valence-electron chi connectivity index (χ2n) is 4.32. The van der Waals surface area contributed by atoms with Crippen molar-refractivity contribution in [2.75, 3.05) is 46.4 Å². The molecule has 0 saturated carbocycles. The van der Waals surface area contributed by atoms with Crippen molar-refractivity contribution in [3.05, 3.63) is 0 Å². The Morgan fingerprint density at radius 2 is 1.94 bits per heavy atom. The van der Waals surface area contributed by atoms with E-state index in [1.54, 1.807) is 18.9 Å². The van der Waals surface area contributed by atoms with Crippen molar-refractivity contribution in [1.82, 2.24) is 9.80 Å². The molecule has 106 valence electrons. The van der Waals surface area contributed by atoms with Crippen LogP contribution in [-0.2, 0) is 14.3 Å². The summed E-state index contributed by atoms with van der Waals surface area (Å²) in [5.74, 6) is -0.361. The van der Waals surface area contributed by atoms with Crippen LogP contribution < -0.4 is 5.73 Å². The quantitative estimate of drug-likeness (QED) is 0.740. The average Bonchev–Trinajstić information content (AvgIpc) is 2.37. The predicted molar refractivity (Wildman–Crippen MR) is 70.5 cm³/mol. The summed E-state index contributed by atoms with van der Waals surface area (Å²) in [5.41, 5.74) is 5.42. The molecule has 1 aliphatic rings. The van der Waals surface area contributed by atoms with Gasteiger partial charge in [-0.25, -0.2) is 0 Å². The molecule has 1 atom stereocenters. The van der Waals surface area contributed by atoms with Gasteiger partial charge in [-0.3, -0.25) is 9.59 Å². The summed E-state index contributed by atoms with van der Waals surface area (Å²) in [6.07, 6.45) is 0. The molecule has 1 heterocycles. The Kier molecular flexibility index (Phi) is 7.90. The van der Waals surface area contributed by atoms with Crippen LogP contribution in [-0.4, -0.2) is 68.1 Å². The zero-order valence-corrected chi connectivity index (χ0v) is 11.7. The maximum Gasteiger partial charge on any atom is 0.242 e. The number of likely N-dealkylation sites (N-methyl/N-ethyl adjacent to an activating group) is 1. The van der Waals surface area contributed by atoms with E-state index >= 15 is 0 Å². The third kappa shape index (κ3) is 4.80. The summed E-state index contributed by atoms with van der Waals surface area (Å²) >= 11 is 0. The van der Waals surface area contributed by atoms with Gasteiger partial charge in [-0.1, -0.05) is 6.92 Å². The minimum absolute atomic E-state index is 0. The Hall–Kier alpha value is -0.850. The van der Waals surface area contributed by atoms with Crippen molar-refractivity contribution in [3.63, 3.8) is 0 Å². The highest BCUT2D eigenvalue weighted by atomic mass is 35.5. The van der Waals surface area contributed by atoms with E-state index < -0.39 is 0 Å². The lowest BCUT2D eigenvalue weighted by atomic mass is 10.1. The lowest BCUT2D eigenvalue weighted by Crippen LogP contribution is -2.47. The second kappa shape index (κ2) is 8.29. The van der Waals surface area contributed by atoms with Gasteiger partial charge in [0, 0.05) is 32.6 Å². The highest BCUT2D eigenvalue weighted by Crippen LogP contribution is 2.02. The minimum Gasteiger partial charge on any atom is -0.378 e. The molecule has 7 heteroatoms. The van der Waals surface area contributed by atoms with Gasteiger partial charge in [0.2, 0.25) is 11.8 Å². The highest BCUT2D eigenvalue weighted by Gasteiger charge is 2.22. The van der Waals surface area contributed by atoms with Gasteiger partial charge in [0.15, 0.2) is 0 Å². The zero-order chi connectivity index (χ0) is 12.8. The molecule has 2 N–H and O–H groups in total. The first kappa shape index (κ1) is 17.2. The molecule has 2 amide bonds. The van der Waals surface area contributed by atoms with Crippen molar-refractivity contribution < 1.29 is 14.3 Å². The number of nitrogens with two attached hydrogens (primary N) is 1. The molecular formula is C11H22ClN3O3. The van der Waals surface area contributed by atoms with Crippen molar-refractivity contribution >= 4 is 24.2 Å². The van der Waals surface area contributed by atoms with Gasteiger partial charge in [-0.05, 0) is 0 Å². The zero-order valence-electron chi connectivity index (χ0n) is 10.9. The van der Waals surface area contributed by atoms with Gasteiger partial charge in [0.1, 0.15) is 0 Å². The molecule has 0 aromatic carbocycles. The van der Waals surface area contributed by atoms with E-state index in [1.165, 1.54) is 4.90 Å². The van der Waals surface area contributed by atoms with Crippen LogP contribution in [0.25, 0.3) is 0 Å². The van der Waals surface area contributed by atoms with Crippen LogP contribution >= 0.6 is 12.4 Å². The van der Waals surface area contributed by atoms with E-state index in [0.29, 0.717) is 32.8 Å². The second-order valence-corrected chi connectivity index (χ2v) is 4.32. The molecular weight excluding hydrogens is 258 g/mol. The van der Waals surface area contributed by atoms with Crippen LogP contribution in [0.1, 0.15) is 6.92 Å². The van der Waals surface area contributed by atoms with Gasteiger partial charge in [0.25, 0.3) is 0 Å². The Balaban J connectivity index is 0.00000289. The SMILES string of the molecule is CC(CN)C(=O)N(C)CC(=O)N1CCOCC1.Cl. The molecule has 0 aromatic heterocycles. The van der Waals surface area contributed by atoms with Crippen molar-refractivity contribution in [3.8, 4) is 0 Å². The first-order valence-electron chi connectivity index (χ1n) is 5.86. The maximum atomic E-state index is 11.9. The summed E-state index contributed by atoms with van der Waals surface area (Å²) in [7, 11) is 1.63. The summed E-state index contributed by atoms with van der Waals surface area (Å²) in [4.78, 5) is 26.8. The number of nitrogens with zero attached hydrogens (tertiary/aromatic N) is 2. The van der Waals surface area contributed by atoms with E-state index in [2.05, 4.69) is 0 Å². The Morgan fingerprint density at radius 3 is 2.44 bits per heavy atom. The number of hydrogen-bond donors (Lipinski definition) is 1. The number of ether oxygens (including phenoxy) is 1. The van der Waals surface area contributed by atoms with Crippen LogP contribution in [0.15, 0.2) is 0 Å². The normalized spacial score (nSPS) is 16.7. The van der Waals surface area contributed by atoms with E-state index in [-0.39, 0.29) is 36.7 Å². The molecule has 1 unspecified atom stereocenters. The fourth-order valence-corrected chi connectivity index (χ4v) is 1.67. The van der Waals surface area contributed by atoms with Crippen LogP contribution in [0.2, 0.25) is 0 Å². The van der Waals surface area contributed by atoms with Crippen LogP contribution in [0.5, 0.6) is 0 Å². The lowest BCUT2D eigenvalue weighted by molar-refractivity contribution is -0.143. The molecule has 0 spiro atoms. The van der Waals surface area contributed by atoms with E-state index in [0.717, 1.165) is 0 Å². The van der Waals surface area contributed by atoms with E-state index in [9.17, 15) is 9.59 Å². The van der Waals surface area contributed by atoms with Crippen molar-refractivity contribution in [2.24, 2.45) is 11.7 Å². The van der Waals surface area contributed by atoms with E-state index in [1.807, 2.05) is 0 Å². The number of carbonyl (C=O) groups excluding carboxylic acids is 2. The number of morpholine rings is 1. The number of hydrogen-bond acceptors (Lipinski definition) is 4. The van der Waals surface area contributed by atoms with Crippen molar-refractivity contribution in [1.29, 1.82) is 0 Å². The summed E-state index contributed by atoms with van der Waals surface area (Å²) in [6, 6.07) is 0.